The molecule has 9 N–H and O–H groups in total. The first kappa shape index (κ1) is 24.3. The molecule has 3 heterocycles. The van der Waals surface area contributed by atoms with E-state index in [1.54, 1.807) is 0 Å². The first-order chi connectivity index (χ1) is 14.2. The molecule has 1 fully saturated rings. The summed E-state index contributed by atoms with van der Waals surface area (Å²) in [6.07, 6.45) is -3.36. The Morgan fingerprint density at radius 1 is 1.19 bits per heavy atom. The molecule has 0 spiro atoms. The van der Waals surface area contributed by atoms with Crippen molar-refractivity contribution in [3.63, 3.8) is 0 Å². The average molecular weight is 509 g/mol. The number of ether oxygens (including phenoxy) is 1. The molecule has 18 nitrogen and oxygen atoms in total. The Hall–Kier alpha value is -1.39. The Bertz CT molecular complexity index is 1040. The van der Waals surface area contributed by atoms with Crippen LogP contribution in [0.3, 0.4) is 0 Å². The van der Waals surface area contributed by atoms with Crippen LogP contribution in [0, 0.1) is 0 Å². The average Bonchev–Trinajstić information content (AvgIpc) is 3.12. The monoisotopic (exact) mass is 509 g/mol. The van der Waals surface area contributed by atoms with Crippen LogP contribution in [0.15, 0.2) is 4.79 Å². The van der Waals surface area contributed by atoms with Crippen LogP contribution in [0.4, 0.5) is 17.5 Å². The molecule has 176 valence electrons. The van der Waals surface area contributed by atoms with E-state index in [9.17, 15) is 28.5 Å². The number of aromatic amines is 1. The molecular weight excluding hydrogens is 491 g/mol. The summed E-state index contributed by atoms with van der Waals surface area (Å²) in [4.78, 5) is 55.1. The highest BCUT2D eigenvalue weighted by molar-refractivity contribution is 7.66. The van der Waals surface area contributed by atoms with Crippen molar-refractivity contribution >= 4 is 40.9 Å². The Labute approximate surface area is 172 Å². The van der Waals surface area contributed by atoms with E-state index in [-0.39, 0.29) is 30.5 Å². The van der Waals surface area contributed by atoms with Crippen LogP contribution in [0.5, 0.6) is 0 Å². The van der Waals surface area contributed by atoms with Gasteiger partial charge in [-0.1, -0.05) is 0 Å². The van der Waals surface area contributed by atoms with Crippen LogP contribution in [-0.2, 0) is 31.6 Å². The molecule has 0 radical (unpaired) electrons. The molecule has 21 heteroatoms. The summed E-state index contributed by atoms with van der Waals surface area (Å²) in [6.45, 7) is -0.699. The van der Waals surface area contributed by atoms with Gasteiger partial charge in [0.2, 0.25) is 5.95 Å². The van der Waals surface area contributed by atoms with Gasteiger partial charge in [0.15, 0.2) is 12.0 Å². The number of nitrogen functional groups attached to an aromatic ring is 1. The first-order valence-electron chi connectivity index (χ1n) is 8.18. The largest absolute Gasteiger partial charge is 0.490 e. The van der Waals surface area contributed by atoms with Crippen molar-refractivity contribution in [2.75, 3.05) is 29.2 Å². The molecule has 1 saturated heterocycles. The second-order valence-electron chi connectivity index (χ2n) is 6.29. The number of nitrogens with one attached hydrogen (secondary N) is 2. The number of rotatable bonds is 8. The summed E-state index contributed by atoms with van der Waals surface area (Å²) in [6, 6.07) is 0. The summed E-state index contributed by atoms with van der Waals surface area (Å²) in [7, 11) is -16.5. The molecule has 1 aromatic heterocycles. The first-order valence-corrected chi connectivity index (χ1v) is 12.7. The summed E-state index contributed by atoms with van der Waals surface area (Å²) in [5.74, 6) is -0.0621. The van der Waals surface area contributed by atoms with Crippen LogP contribution >= 0.6 is 23.5 Å². The third-order valence-corrected chi connectivity index (χ3v) is 7.73. The molecule has 1 aromatic rings. The number of fused-ring (bicyclic) bond motifs is 1. The van der Waals surface area contributed by atoms with E-state index < -0.39 is 54.1 Å². The number of phosphoric acid groups is 3. The summed E-state index contributed by atoms with van der Waals surface area (Å²) >= 11 is 0. The van der Waals surface area contributed by atoms with Crippen molar-refractivity contribution in [3.8, 4) is 0 Å². The number of nitrogens with two attached hydrogens (primary N) is 1. The zero-order chi connectivity index (χ0) is 23.2. The van der Waals surface area contributed by atoms with E-state index in [0.29, 0.717) is 0 Å². The Balaban J connectivity index is 1.61. The molecule has 0 bridgehead atoms. The number of nitrogens with zero attached hydrogens (tertiary/aromatic N) is 2. The summed E-state index contributed by atoms with van der Waals surface area (Å²) in [5.41, 5.74) is 5.08. The van der Waals surface area contributed by atoms with Gasteiger partial charge in [-0.25, -0.2) is 13.7 Å². The van der Waals surface area contributed by atoms with Crippen LogP contribution in [0.1, 0.15) is 6.42 Å². The van der Waals surface area contributed by atoms with Gasteiger partial charge in [-0.15, -0.1) is 0 Å². The lowest BCUT2D eigenvalue weighted by Crippen LogP contribution is -2.42. The molecule has 0 saturated carbocycles. The SMILES string of the molecule is Nc1nc2c(c(=O)[nH]1)NCN2C1OC(COP(=O)(O)OP(=O)(O)OP(=O)(O)O)CC1O. The number of hydrogen-bond donors (Lipinski definition) is 8. The standard InChI is InChI=1S/C10H18N5O13P3/c11-10-13-7-6(8(17)14-10)12-3-15(7)9-5(16)1-4(26-9)2-25-30(21,22)28-31(23,24)27-29(18,19)20/h4-5,9,12,16H,1-3H2,(H,21,22)(H,23,24)(H2,18,19,20)(H3,11,13,14,17). The number of phosphoric ester groups is 1. The van der Waals surface area contributed by atoms with Crippen LogP contribution < -0.4 is 21.5 Å². The van der Waals surface area contributed by atoms with Crippen molar-refractivity contribution in [1.29, 1.82) is 0 Å². The van der Waals surface area contributed by atoms with Gasteiger partial charge in [0.1, 0.15) is 11.8 Å². The molecule has 31 heavy (non-hydrogen) atoms. The Morgan fingerprint density at radius 2 is 1.87 bits per heavy atom. The van der Waals surface area contributed by atoms with Gasteiger partial charge in [-0.3, -0.25) is 14.3 Å². The fraction of sp³-hybridized carbons (Fsp3) is 0.600. The number of aromatic nitrogens is 2. The molecule has 5 atom stereocenters. The summed E-state index contributed by atoms with van der Waals surface area (Å²) in [5, 5.41) is 13.0. The van der Waals surface area contributed by atoms with Gasteiger partial charge in [-0.05, 0) is 0 Å². The maximum Gasteiger partial charge on any atom is 0.490 e. The fourth-order valence-electron chi connectivity index (χ4n) is 2.89. The molecule has 2 aliphatic heterocycles. The minimum Gasteiger partial charge on any atom is -0.388 e. The predicted molar refractivity (Wildman–Crippen MR) is 99.3 cm³/mol. The lowest BCUT2D eigenvalue weighted by atomic mass is 10.2. The summed E-state index contributed by atoms with van der Waals surface area (Å²) < 4.78 is 50.9. The number of hydrogen-bond acceptors (Lipinski definition) is 13. The Morgan fingerprint density at radius 3 is 2.52 bits per heavy atom. The molecule has 0 aliphatic carbocycles. The van der Waals surface area contributed by atoms with Gasteiger partial charge in [0.25, 0.3) is 5.56 Å². The quantitative estimate of drug-likeness (QED) is 0.182. The Kier molecular flexibility index (Phi) is 6.66. The minimum absolute atomic E-state index is 0.0270. The highest BCUT2D eigenvalue weighted by atomic mass is 31.3. The predicted octanol–water partition coefficient (Wildman–Crippen LogP) is -1.64. The zero-order valence-corrected chi connectivity index (χ0v) is 17.9. The van der Waals surface area contributed by atoms with Crippen LogP contribution in [0.2, 0.25) is 0 Å². The van der Waals surface area contributed by atoms with Crippen molar-refractivity contribution < 1.29 is 56.3 Å². The minimum atomic E-state index is -5.64. The topological polar surface area (TPSA) is 276 Å². The van der Waals surface area contributed by atoms with Crippen molar-refractivity contribution in [3.05, 3.63) is 10.4 Å². The smallest absolute Gasteiger partial charge is 0.388 e. The molecule has 0 aromatic carbocycles. The lowest BCUT2D eigenvalue weighted by molar-refractivity contribution is -0.00959. The van der Waals surface area contributed by atoms with E-state index in [1.165, 1.54) is 4.90 Å². The van der Waals surface area contributed by atoms with Crippen molar-refractivity contribution in [2.45, 2.75) is 24.9 Å². The van der Waals surface area contributed by atoms with Crippen LogP contribution in [-0.4, -0.2) is 66.4 Å². The third-order valence-electron chi connectivity index (χ3n) is 3.93. The van der Waals surface area contributed by atoms with E-state index >= 15 is 0 Å². The molecule has 5 unspecified atom stereocenters. The van der Waals surface area contributed by atoms with Gasteiger partial charge in [0, 0.05) is 6.42 Å². The van der Waals surface area contributed by atoms with E-state index in [1.807, 2.05) is 0 Å². The van der Waals surface area contributed by atoms with E-state index in [0.717, 1.165) is 0 Å². The molecule has 3 rings (SSSR count). The maximum absolute atomic E-state index is 11.9. The maximum atomic E-state index is 11.9. The number of anilines is 3. The number of H-pyrrole nitrogens is 1. The van der Waals surface area contributed by atoms with Gasteiger partial charge >= 0.3 is 23.5 Å². The molecule has 2 aliphatic rings. The number of aliphatic hydroxyl groups excluding tert-OH is 1. The highest BCUT2D eigenvalue weighted by Gasteiger charge is 2.44. The van der Waals surface area contributed by atoms with Crippen molar-refractivity contribution in [2.24, 2.45) is 0 Å². The molecule has 0 amide bonds. The number of aliphatic hydroxyl groups is 1. The van der Waals surface area contributed by atoms with E-state index in [4.69, 9.17) is 25.2 Å². The lowest BCUT2D eigenvalue weighted by Gasteiger charge is -2.26. The second kappa shape index (κ2) is 8.51. The fourth-order valence-corrected chi connectivity index (χ4v) is 5.94. The highest BCUT2D eigenvalue weighted by Crippen LogP contribution is 2.66. The van der Waals surface area contributed by atoms with E-state index in [2.05, 4.69) is 28.4 Å². The van der Waals surface area contributed by atoms with Gasteiger partial charge in [-0.2, -0.15) is 13.6 Å². The normalized spacial score (nSPS) is 27.4. The third kappa shape index (κ3) is 6.10. The van der Waals surface area contributed by atoms with Crippen molar-refractivity contribution in [1.82, 2.24) is 9.97 Å². The second-order valence-corrected chi connectivity index (χ2v) is 10.7. The molecular formula is C10H18N5O13P3. The zero-order valence-electron chi connectivity index (χ0n) is 15.2. The van der Waals surface area contributed by atoms with Gasteiger partial charge in [0.05, 0.1) is 19.4 Å². The van der Waals surface area contributed by atoms with Gasteiger partial charge < -0.3 is 45.4 Å². The van der Waals surface area contributed by atoms with Crippen LogP contribution in [0.25, 0.3) is 0 Å².